The van der Waals surface area contributed by atoms with Crippen LogP contribution in [0.25, 0.3) is 0 Å². The molecule has 3 amide bonds. The number of primary amides is 3. The summed E-state index contributed by atoms with van der Waals surface area (Å²) >= 11 is 0. The maximum atomic E-state index is 11.3. The van der Waals surface area contributed by atoms with E-state index < -0.39 is 17.7 Å². The molecule has 0 saturated heterocycles. The van der Waals surface area contributed by atoms with Crippen LogP contribution < -0.4 is 22.9 Å². The minimum Gasteiger partial charge on any atom is -0.366 e. The van der Waals surface area contributed by atoms with E-state index in [0.717, 1.165) is 0 Å². The SMILES string of the molecule is NCCc1c(C(N)=O)cc(C(N)=O)cc1C(N)=O. The molecule has 0 unspecified atom stereocenters. The van der Waals surface area contributed by atoms with E-state index in [1.54, 1.807) is 0 Å². The van der Waals surface area contributed by atoms with E-state index in [0.29, 0.717) is 5.56 Å². The maximum absolute atomic E-state index is 11.3. The van der Waals surface area contributed by atoms with Crippen molar-refractivity contribution in [2.24, 2.45) is 22.9 Å². The molecule has 96 valence electrons. The number of carbonyl (C=O) groups excluding carboxylic acids is 3. The zero-order chi connectivity index (χ0) is 13.9. The van der Waals surface area contributed by atoms with E-state index in [9.17, 15) is 14.4 Å². The maximum Gasteiger partial charge on any atom is 0.249 e. The fourth-order valence-electron chi connectivity index (χ4n) is 1.67. The predicted octanol–water partition coefficient (Wildman–Crippen LogP) is -1.52. The molecule has 0 aliphatic heterocycles. The van der Waals surface area contributed by atoms with Gasteiger partial charge in [-0.2, -0.15) is 0 Å². The zero-order valence-corrected chi connectivity index (χ0v) is 9.60. The molecular weight excluding hydrogens is 236 g/mol. The van der Waals surface area contributed by atoms with E-state index in [1.165, 1.54) is 12.1 Å². The van der Waals surface area contributed by atoms with Crippen molar-refractivity contribution in [3.8, 4) is 0 Å². The van der Waals surface area contributed by atoms with Crippen LogP contribution in [0.1, 0.15) is 36.6 Å². The normalized spacial score (nSPS) is 10.1. The molecule has 0 aliphatic carbocycles. The molecule has 0 fully saturated rings. The highest BCUT2D eigenvalue weighted by Gasteiger charge is 2.19. The van der Waals surface area contributed by atoms with Crippen LogP contribution in [0.3, 0.4) is 0 Å². The van der Waals surface area contributed by atoms with Gasteiger partial charge in [0.25, 0.3) is 0 Å². The van der Waals surface area contributed by atoms with Crippen LogP contribution in [0, 0.1) is 0 Å². The average Bonchev–Trinajstić information content (AvgIpc) is 2.28. The molecular formula is C11H14N4O3. The molecule has 1 aromatic carbocycles. The van der Waals surface area contributed by atoms with Crippen molar-refractivity contribution >= 4 is 17.7 Å². The summed E-state index contributed by atoms with van der Waals surface area (Å²) in [4.78, 5) is 33.8. The first-order chi connectivity index (χ1) is 8.38. The lowest BCUT2D eigenvalue weighted by molar-refractivity contribution is 0.0998. The highest BCUT2D eigenvalue weighted by molar-refractivity contribution is 6.05. The number of hydrogen-bond acceptors (Lipinski definition) is 4. The Morgan fingerprint density at radius 2 is 1.33 bits per heavy atom. The Bertz CT molecular complexity index is 490. The lowest BCUT2D eigenvalue weighted by Gasteiger charge is -2.12. The standard InChI is InChI=1S/C11H14N4O3/c12-2-1-6-7(10(14)17)3-5(9(13)16)4-8(6)11(15)18/h3-4H,1-2,12H2,(H2,13,16)(H2,14,17)(H2,15,18). The van der Waals surface area contributed by atoms with Gasteiger partial charge in [0.05, 0.1) is 0 Å². The summed E-state index contributed by atoms with van der Waals surface area (Å²) in [6, 6.07) is 2.48. The molecule has 0 heterocycles. The van der Waals surface area contributed by atoms with Crippen molar-refractivity contribution in [2.45, 2.75) is 6.42 Å². The van der Waals surface area contributed by atoms with Gasteiger partial charge in [-0.1, -0.05) is 0 Å². The monoisotopic (exact) mass is 250 g/mol. The molecule has 0 spiro atoms. The summed E-state index contributed by atoms with van der Waals surface area (Å²) in [5.74, 6) is -2.33. The van der Waals surface area contributed by atoms with Crippen LogP contribution in [0.5, 0.6) is 0 Å². The number of rotatable bonds is 5. The van der Waals surface area contributed by atoms with Gasteiger partial charge in [-0.15, -0.1) is 0 Å². The molecule has 18 heavy (non-hydrogen) atoms. The minimum atomic E-state index is -0.778. The summed E-state index contributed by atoms with van der Waals surface area (Å²) in [5.41, 5.74) is 21.3. The van der Waals surface area contributed by atoms with Gasteiger partial charge >= 0.3 is 0 Å². The van der Waals surface area contributed by atoms with Crippen LogP contribution in [-0.2, 0) is 6.42 Å². The summed E-state index contributed by atoms with van der Waals surface area (Å²) in [6.45, 7) is 0.205. The Hall–Kier alpha value is -2.41. The number of carbonyl (C=O) groups is 3. The predicted molar refractivity (Wildman–Crippen MR) is 64.8 cm³/mol. The van der Waals surface area contributed by atoms with Crippen molar-refractivity contribution < 1.29 is 14.4 Å². The van der Waals surface area contributed by atoms with Crippen molar-refractivity contribution in [1.29, 1.82) is 0 Å². The second-order valence-electron chi connectivity index (χ2n) is 3.68. The Kier molecular flexibility index (Phi) is 4.01. The van der Waals surface area contributed by atoms with E-state index in [-0.39, 0.29) is 29.7 Å². The fourth-order valence-corrected chi connectivity index (χ4v) is 1.67. The molecule has 0 aliphatic rings. The van der Waals surface area contributed by atoms with Crippen LogP contribution in [0.4, 0.5) is 0 Å². The molecule has 7 heteroatoms. The minimum absolute atomic E-state index is 0.00151. The van der Waals surface area contributed by atoms with Gasteiger partial charge in [-0.25, -0.2) is 0 Å². The molecule has 1 aromatic rings. The third-order valence-corrected chi connectivity index (χ3v) is 2.46. The Morgan fingerprint density at radius 1 is 0.889 bits per heavy atom. The second-order valence-corrected chi connectivity index (χ2v) is 3.68. The van der Waals surface area contributed by atoms with Gasteiger partial charge in [0, 0.05) is 16.7 Å². The van der Waals surface area contributed by atoms with Crippen LogP contribution in [0.2, 0.25) is 0 Å². The average molecular weight is 250 g/mol. The molecule has 1 rings (SSSR count). The Balaban J connectivity index is 3.59. The lowest BCUT2D eigenvalue weighted by atomic mass is 9.94. The van der Waals surface area contributed by atoms with Crippen molar-refractivity contribution in [1.82, 2.24) is 0 Å². The van der Waals surface area contributed by atoms with Gasteiger partial charge in [-0.05, 0) is 30.7 Å². The van der Waals surface area contributed by atoms with Crippen molar-refractivity contribution in [3.05, 3.63) is 34.4 Å². The van der Waals surface area contributed by atoms with Crippen LogP contribution in [-0.4, -0.2) is 24.3 Å². The second kappa shape index (κ2) is 5.28. The zero-order valence-electron chi connectivity index (χ0n) is 9.60. The van der Waals surface area contributed by atoms with Gasteiger partial charge in [-0.3, -0.25) is 14.4 Å². The van der Waals surface area contributed by atoms with Gasteiger partial charge in [0.15, 0.2) is 0 Å². The highest BCUT2D eigenvalue weighted by Crippen LogP contribution is 2.18. The smallest absolute Gasteiger partial charge is 0.249 e. The molecule has 0 saturated carbocycles. The molecule has 0 atom stereocenters. The van der Waals surface area contributed by atoms with Crippen LogP contribution in [0.15, 0.2) is 12.1 Å². The Labute approximate surface area is 103 Å². The van der Waals surface area contributed by atoms with Crippen molar-refractivity contribution in [3.63, 3.8) is 0 Å². The quantitative estimate of drug-likeness (QED) is 0.500. The summed E-state index contributed by atoms with van der Waals surface area (Å²) in [7, 11) is 0. The largest absolute Gasteiger partial charge is 0.366 e. The summed E-state index contributed by atoms with van der Waals surface area (Å²) in [6.07, 6.45) is 0.246. The van der Waals surface area contributed by atoms with Crippen LogP contribution >= 0.6 is 0 Å². The first-order valence-electron chi connectivity index (χ1n) is 5.14. The van der Waals surface area contributed by atoms with Gasteiger partial charge in [0.1, 0.15) is 0 Å². The van der Waals surface area contributed by atoms with Crippen molar-refractivity contribution in [2.75, 3.05) is 6.54 Å². The molecule has 0 bridgehead atoms. The number of hydrogen-bond donors (Lipinski definition) is 4. The lowest BCUT2D eigenvalue weighted by Crippen LogP contribution is -2.24. The third-order valence-electron chi connectivity index (χ3n) is 2.46. The van der Waals surface area contributed by atoms with Gasteiger partial charge < -0.3 is 22.9 Å². The summed E-state index contributed by atoms with van der Waals surface area (Å²) in [5, 5.41) is 0. The Morgan fingerprint density at radius 3 is 1.61 bits per heavy atom. The third kappa shape index (κ3) is 2.64. The van der Waals surface area contributed by atoms with E-state index >= 15 is 0 Å². The van der Waals surface area contributed by atoms with Gasteiger partial charge in [0.2, 0.25) is 17.7 Å². The first kappa shape index (κ1) is 13.7. The number of benzene rings is 1. The molecule has 8 N–H and O–H groups in total. The molecule has 7 nitrogen and oxygen atoms in total. The van der Waals surface area contributed by atoms with E-state index in [1.807, 2.05) is 0 Å². The van der Waals surface area contributed by atoms with E-state index in [4.69, 9.17) is 22.9 Å². The fraction of sp³-hybridized carbons (Fsp3) is 0.182. The summed E-state index contributed by atoms with van der Waals surface area (Å²) < 4.78 is 0. The molecule has 0 aromatic heterocycles. The number of nitrogens with two attached hydrogens (primary N) is 4. The van der Waals surface area contributed by atoms with E-state index in [2.05, 4.69) is 0 Å². The topological polar surface area (TPSA) is 155 Å². The number of amides is 3. The highest BCUT2D eigenvalue weighted by atomic mass is 16.2. The molecule has 0 radical (unpaired) electrons. The first-order valence-corrected chi connectivity index (χ1v) is 5.14.